The number of ether oxygens (including phenoxy) is 1. The van der Waals surface area contributed by atoms with Crippen LogP contribution in [0.5, 0.6) is 0 Å². The molecule has 1 amide bonds. The number of hydrogen-bond acceptors (Lipinski definition) is 5. The molecule has 3 N–H and O–H groups in total. The molecule has 7 heteroatoms. The van der Waals surface area contributed by atoms with Gasteiger partial charge in [-0.05, 0) is 14.1 Å². The van der Waals surface area contributed by atoms with Crippen molar-refractivity contribution in [3.8, 4) is 0 Å². The fourth-order valence-electron chi connectivity index (χ4n) is 1.19. The fourth-order valence-corrected chi connectivity index (χ4v) is 1.19. The third kappa shape index (κ3) is 10.0. The van der Waals surface area contributed by atoms with E-state index < -0.39 is 12.0 Å². The average molecular weight is 261 g/mol. The zero-order valence-corrected chi connectivity index (χ0v) is 11.2. The highest BCUT2D eigenvalue weighted by molar-refractivity contribution is 5.82. The van der Waals surface area contributed by atoms with Crippen LogP contribution in [0.4, 0.5) is 0 Å². The summed E-state index contributed by atoms with van der Waals surface area (Å²) in [4.78, 5) is 23.6. The van der Waals surface area contributed by atoms with Crippen molar-refractivity contribution in [1.82, 2.24) is 15.5 Å². The lowest BCUT2D eigenvalue weighted by Gasteiger charge is -2.14. The van der Waals surface area contributed by atoms with Crippen LogP contribution in [-0.2, 0) is 14.3 Å². The topological polar surface area (TPSA) is 90.9 Å². The normalized spacial score (nSPS) is 12.4. The first kappa shape index (κ1) is 16.8. The zero-order chi connectivity index (χ0) is 14.0. The van der Waals surface area contributed by atoms with E-state index in [-0.39, 0.29) is 12.5 Å². The Bertz CT molecular complexity index is 259. The van der Waals surface area contributed by atoms with E-state index in [1.165, 1.54) is 6.92 Å². The summed E-state index contributed by atoms with van der Waals surface area (Å²) in [5, 5.41) is 14.1. The second-order valence-electron chi connectivity index (χ2n) is 4.21. The van der Waals surface area contributed by atoms with Crippen molar-refractivity contribution < 1.29 is 19.4 Å². The molecule has 106 valence electrons. The molecule has 0 saturated heterocycles. The minimum absolute atomic E-state index is 0.186. The number of amides is 1. The van der Waals surface area contributed by atoms with Gasteiger partial charge in [0, 0.05) is 26.6 Å². The van der Waals surface area contributed by atoms with E-state index in [1.54, 1.807) is 0 Å². The Hall–Kier alpha value is -1.18. The summed E-state index contributed by atoms with van der Waals surface area (Å²) in [6.07, 6.45) is 0. The van der Waals surface area contributed by atoms with Crippen LogP contribution in [0.2, 0.25) is 0 Å². The SMILES string of the molecule is CC(=O)NC(CNCCOCCN(C)C)C(=O)O. The van der Waals surface area contributed by atoms with E-state index in [9.17, 15) is 9.59 Å². The summed E-state index contributed by atoms with van der Waals surface area (Å²) in [6.45, 7) is 4.04. The standard InChI is InChI=1S/C11H23N3O4/c1-9(15)13-10(11(16)17)8-12-4-6-18-7-5-14(2)3/h10,12H,4-8H2,1-3H3,(H,13,15)(H,16,17). The molecule has 0 aliphatic heterocycles. The van der Waals surface area contributed by atoms with Gasteiger partial charge in [-0.2, -0.15) is 0 Å². The molecule has 0 rings (SSSR count). The summed E-state index contributed by atoms with van der Waals surface area (Å²) < 4.78 is 5.33. The van der Waals surface area contributed by atoms with Crippen LogP contribution in [0.3, 0.4) is 0 Å². The predicted molar refractivity (Wildman–Crippen MR) is 67.5 cm³/mol. The van der Waals surface area contributed by atoms with Gasteiger partial charge in [-0.3, -0.25) is 4.79 Å². The quantitative estimate of drug-likeness (QED) is 0.425. The monoisotopic (exact) mass is 261 g/mol. The molecule has 7 nitrogen and oxygen atoms in total. The van der Waals surface area contributed by atoms with Crippen LogP contribution in [0.25, 0.3) is 0 Å². The number of carbonyl (C=O) groups excluding carboxylic acids is 1. The minimum Gasteiger partial charge on any atom is -0.480 e. The number of likely N-dealkylation sites (N-methyl/N-ethyl adjacent to an activating group) is 1. The largest absolute Gasteiger partial charge is 0.480 e. The van der Waals surface area contributed by atoms with Gasteiger partial charge < -0.3 is 25.4 Å². The van der Waals surface area contributed by atoms with Crippen molar-refractivity contribution in [3.05, 3.63) is 0 Å². The number of rotatable bonds is 10. The molecule has 0 aliphatic rings. The second kappa shape index (κ2) is 9.81. The lowest BCUT2D eigenvalue weighted by molar-refractivity contribution is -0.141. The number of carbonyl (C=O) groups is 2. The van der Waals surface area contributed by atoms with Gasteiger partial charge in [0.1, 0.15) is 6.04 Å². The first-order valence-corrected chi connectivity index (χ1v) is 5.86. The molecule has 0 heterocycles. The third-order valence-electron chi connectivity index (χ3n) is 2.13. The van der Waals surface area contributed by atoms with Gasteiger partial charge in [-0.1, -0.05) is 0 Å². The molecule has 0 bridgehead atoms. The maximum Gasteiger partial charge on any atom is 0.327 e. The Kier molecular flexibility index (Phi) is 9.17. The van der Waals surface area contributed by atoms with Crippen LogP contribution in [-0.4, -0.2) is 74.9 Å². The molecular weight excluding hydrogens is 238 g/mol. The van der Waals surface area contributed by atoms with E-state index in [1.807, 2.05) is 19.0 Å². The number of carboxylic acids is 1. The lowest BCUT2D eigenvalue weighted by Crippen LogP contribution is -2.47. The summed E-state index contributed by atoms with van der Waals surface area (Å²) in [5.74, 6) is -1.40. The fraction of sp³-hybridized carbons (Fsp3) is 0.818. The molecule has 1 atom stereocenters. The van der Waals surface area contributed by atoms with Gasteiger partial charge in [-0.15, -0.1) is 0 Å². The number of nitrogens with one attached hydrogen (secondary N) is 2. The van der Waals surface area contributed by atoms with E-state index in [2.05, 4.69) is 10.6 Å². The Morgan fingerprint density at radius 2 is 2.00 bits per heavy atom. The first-order valence-electron chi connectivity index (χ1n) is 5.86. The summed E-state index contributed by atoms with van der Waals surface area (Å²) in [5.41, 5.74) is 0. The summed E-state index contributed by atoms with van der Waals surface area (Å²) >= 11 is 0. The summed E-state index contributed by atoms with van der Waals surface area (Å²) in [7, 11) is 3.93. The zero-order valence-electron chi connectivity index (χ0n) is 11.2. The van der Waals surface area contributed by atoms with Crippen LogP contribution in [0.1, 0.15) is 6.92 Å². The Labute approximate surface area is 107 Å². The first-order chi connectivity index (χ1) is 8.43. The van der Waals surface area contributed by atoms with Crippen LogP contribution >= 0.6 is 0 Å². The Morgan fingerprint density at radius 1 is 1.33 bits per heavy atom. The minimum atomic E-state index is -1.05. The van der Waals surface area contributed by atoms with Gasteiger partial charge >= 0.3 is 5.97 Å². The number of nitrogens with zero attached hydrogens (tertiary/aromatic N) is 1. The number of aliphatic carboxylic acids is 1. The lowest BCUT2D eigenvalue weighted by atomic mass is 10.3. The van der Waals surface area contributed by atoms with Gasteiger partial charge in [0.25, 0.3) is 0 Å². The summed E-state index contributed by atoms with van der Waals surface area (Å²) in [6, 6.07) is -0.899. The molecule has 0 saturated carbocycles. The molecular formula is C11H23N3O4. The smallest absolute Gasteiger partial charge is 0.327 e. The van der Waals surface area contributed by atoms with Crippen LogP contribution in [0, 0.1) is 0 Å². The maximum absolute atomic E-state index is 10.8. The predicted octanol–water partition coefficient (Wildman–Crippen LogP) is -1.26. The Morgan fingerprint density at radius 3 is 2.50 bits per heavy atom. The van der Waals surface area contributed by atoms with Gasteiger partial charge in [-0.25, -0.2) is 4.79 Å². The van der Waals surface area contributed by atoms with E-state index in [0.717, 1.165) is 6.54 Å². The van der Waals surface area contributed by atoms with E-state index in [0.29, 0.717) is 19.8 Å². The van der Waals surface area contributed by atoms with Crippen molar-refractivity contribution in [2.24, 2.45) is 0 Å². The van der Waals surface area contributed by atoms with Gasteiger partial charge in [0.2, 0.25) is 5.91 Å². The molecule has 0 aliphatic carbocycles. The van der Waals surface area contributed by atoms with Crippen LogP contribution < -0.4 is 10.6 Å². The highest BCUT2D eigenvalue weighted by Gasteiger charge is 2.17. The van der Waals surface area contributed by atoms with E-state index in [4.69, 9.17) is 9.84 Å². The van der Waals surface area contributed by atoms with Gasteiger partial charge in [0.15, 0.2) is 0 Å². The molecule has 0 radical (unpaired) electrons. The highest BCUT2D eigenvalue weighted by Crippen LogP contribution is 1.83. The number of carboxylic acid groups (broad SMARTS) is 1. The van der Waals surface area contributed by atoms with Gasteiger partial charge in [0.05, 0.1) is 13.2 Å². The average Bonchev–Trinajstić information content (AvgIpc) is 2.25. The molecule has 0 aromatic heterocycles. The molecule has 0 aromatic rings. The highest BCUT2D eigenvalue weighted by atomic mass is 16.5. The van der Waals surface area contributed by atoms with Crippen molar-refractivity contribution in [2.45, 2.75) is 13.0 Å². The maximum atomic E-state index is 10.8. The third-order valence-corrected chi connectivity index (χ3v) is 2.13. The molecule has 18 heavy (non-hydrogen) atoms. The van der Waals surface area contributed by atoms with Crippen molar-refractivity contribution in [2.75, 3.05) is 46.9 Å². The molecule has 0 aromatic carbocycles. The second-order valence-corrected chi connectivity index (χ2v) is 4.21. The van der Waals surface area contributed by atoms with Crippen molar-refractivity contribution >= 4 is 11.9 Å². The number of hydrogen-bond donors (Lipinski definition) is 3. The van der Waals surface area contributed by atoms with Crippen LogP contribution in [0.15, 0.2) is 0 Å². The van der Waals surface area contributed by atoms with E-state index >= 15 is 0 Å². The Balaban J connectivity index is 3.55. The van der Waals surface area contributed by atoms with Crippen molar-refractivity contribution in [3.63, 3.8) is 0 Å². The molecule has 1 unspecified atom stereocenters. The molecule has 0 spiro atoms. The molecule has 0 fully saturated rings. The van der Waals surface area contributed by atoms with Crippen molar-refractivity contribution in [1.29, 1.82) is 0 Å².